The van der Waals surface area contributed by atoms with Gasteiger partial charge in [-0.1, -0.05) is 20.8 Å². The summed E-state index contributed by atoms with van der Waals surface area (Å²) in [5, 5.41) is 12.8. The van der Waals surface area contributed by atoms with Crippen LogP contribution in [0.2, 0.25) is 0 Å². The monoisotopic (exact) mass is 216 g/mol. The molecule has 92 valence electrons. The van der Waals surface area contributed by atoms with E-state index in [0.717, 1.165) is 26.1 Å². The molecular formula is C12H28N2O. The van der Waals surface area contributed by atoms with Gasteiger partial charge in [0.25, 0.3) is 0 Å². The molecule has 2 N–H and O–H groups in total. The summed E-state index contributed by atoms with van der Waals surface area (Å²) in [6, 6.07) is 0.510. The fourth-order valence-electron chi connectivity index (χ4n) is 2.25. The minimum absolute atomic E-state index is 0.142. The number of nitrogens with zero attached hydrogens (tertiary/aromatic N) is 1. The van der Waals surface area contributed by atoms with Crippen LogP contribution < -0.4 is 5.32 Å². The Labute approximate surface area is 94.9 Å². The van der Waals surface area contributed by atoms with Gasteiger partial charge in [0.05, 0.1) is 6.61 Å². The van der Waals surface area contributed by atoms with E-state index < -0.39 is 0 Å². The Kier molecular flexibility index (Phi) is 7.14. The molecule has 2 unspecified atom stereocenters. The van der Waals surface area contributed by atoms with Crippen molar-refractivity contribution in [2.75, 3.05) is 26.2 Å². The first-order chi connectivity index (χ1) is 7.02. The molecule has 0 aliphatic carbocycles. The summed E-state index contributed by atoms with van der Waals surface area (Å²) in [6.07, 6.45) is 0.985. The topological polar surface area (TPSA) is 35.5 Å². The van der Waals surface area contributed by atoms with E-state index in [9.17, 15) is 5.11 Å². The summed E-state index contributed by atoms with van der Waals surface area (Å²) >= 11 is 0. The van der Waals surface area contributed by atoms with Crippen molar-refractivity contribution in [2.45, 2.75) is 52.6 Å². The summed E-state index contributed by atoms with van der Waals surface area (Å²) in [5.74, 6) is 0. The van der Waals surface area contributed by atoms with E-state index in [-0.39, 0.29) is 12.1 Å². The number of hydrogen-bond donors (Lipinski definition) is 2. The molecule has 0 amide bonds. The van der Waals surface area contributed by atoms with Crippen LogP contribution in [0.5, 0.6) is 0 Å². The third-order valence-electron chi connectivity index (χ3n) is 3.13. The highest BCUT2D eigenvalue weighted by Gasteiger charge is 2.26. The Morgan fingerprint density at radius 2 is 1.80 bits per heavy atom. The van der Waals surface area contributed by atoms with Crippen LogP contribution in [0.15, 0.2) is 0 Å². The van der Waals surface area contributed by atoms with Crippen LogP contribution >= 0.6 is 0 Å². The quantitative estimate of drug-likeness (QED) is 0.645. The predicted octanol–water partition coefficient (Wildman–Crippen LogP) is 1.47. The molecule has 3 nitrogen and oxygen atoms in total. The maximum atomic E-state index is 9.41. The Morgan fingerprint density at radius 1 is 1.27 bits per heavy atom. The lowest BCUT2D eigenvalue weighted by atomic mass is 9.93. The van der Waals surface area contributed by atoms with Gasteiger partial charge in [-0.05, 0) is 39.9 Å². The zero-order valence-corrected chi connectivity index (χ0v) is 11.0. The fraction of sp³-hybridized carbons (Fsp3) is 1.00. The van der Waals surface area contributed by atoms with Crippen LogP contribution in [-0.4, -0.2) is 47.8 Å². The van der Waals surface area contributed by atoms with Gasteiger partial charge in [-0.2, -0.15) is 0 Å². The number of hydrogen-bond acceptors (Lipinski definition) is 3. The van der Waals surface area contributed by atoms with E-state index in [1.54, 1.807) is 0 Å². The van der Waals surface area contributed by atoms with E-state index in [4.69, 9.17) is 0 Å². The van der Waals surface area contributed by atoms with Gasteiger partial charge in [-0.3, -0.25) is 0 Å². The smallest absolute Gasteiger partial charge is 0.0611 e. The molecule has 0 heterocycles. The summed E-state index contributed by atoms with van der Waals surface area (Å²) in [4.78, 5) is 2.42. The zero-order valence-electron chi connectivity index (χ0n) is 11.0. The van der Waals surface area contributed by atoms with Crippen molar-refractivity contribution in [3.05, 3.63) is 0 Å². The Balaban J connectivity index is 4.27. The third-order valence-corrected chi connectivity index (χ3v) is 3.13. The highest BCUT2D eigenvalue weighted by molar-refractivity contribution is 4.86. The largest absolute Gasteiger partial charge is 0.394 e. The van der Waals surface area contributed by atoms with Crippen molar-refractivity contribution < 1.29 is 5.11 Å². The van der Waals surface area contributed by atoms with Crippen LogP contribution in [-0.2, 0) is 0 Å². The van der Waals surface area contributed by atoms with Crippen LogP contribution in [0.4, 0.5) is 0 Å². The van der Waals surface area contributed by atoms with E-state index in [0.29, 0.717) is 6.04 Å². The van der Waals surface area contributed by atoms with Gasteiger partial charge in [0.1, 0.15) is 0 Å². The fourth-order valence-corrected chi connectivity index (χ4v) is 2.25. The molecule has 0 aromatic heterocycles. The minimum Gasteiger partial charge on any atom is -0.394 e. The van der Waals surface area contributed by atoms with E-state index in [2.05, 4.69) is 44.8 Å². The van der Waals surface area contributed by atoms with Crippen LogP contribution in [0.25, 0.3) is 0 Å². The Bertz CT molecular complexity index is 160. The molecule has 2 atom stereocenters. The normalized spacial score (nSPS) is 17.8. The second-order valence-corrected chi connectivity index (χ2v) is 4.52. The second-order valence-electron chi connectivity index (χ2n) is 4.52. The van der Waals surface area contributed by atoms with Crippen molar-refractivity contribution >= 4 is 0 Å². The summed E-state index contributed by atoms with van der Waals surface area (Å²) in [5.41, 5.74) is -0.142. The first kappa shape index (κ1) is 14.9. The van der Waals surface area contributed by atoms with Crippen LogP contribution in [0, 0.1) is 0 Å². The van der Waals surface area contributed by atoms with Gasteiger partial charge in [0, 0.05) is 11.6 Å². The molecule has 0 spiro atoms. The molecule has 0 bridgehead atoms. The molecule has 15 heavy (non-hydrogen) atoms. The number of likely N-dealkylation sites (N-methyl/N-ethyl adjacent to an activating group) is 1. The molecule has 3 heteroatoms. The molecule has 0 aliphatic rings. The molecule has 0 saturated heterocycles. The van der Waals surface area contributed by atoms with Crippen molar-refractivity contribution in [2.24, 2.45) is 0 Å². The minimum atomic E-state index is -0.142. The Morgan fingerprint density at radius 3 is 2.13 bits per heavy atom. The molecular weight excluding hydrogens is 188 g/mol. The second kappa shape index (κ2) is 7.20. The number of aliphatic hydroxyl groups is 1. The highest BCUT2D eigenvalue weighted by Crippen LogP contribution is 2.15. The van der Waals surface area contributed by atoms with Gasteiger partial charge in [-0.25, -0.2) is 0 Å². The van der Waals surface area contributed by atoms with Gasteiger partial charge in [0.15, 0.2) is 0 Å². The maximum absolute atomic E-state index is 9.41. The molecule has 0 rings (SSSR count). The SMILES string of the molecule is CCNC(C)(CO)CC(C)N(CC)CC. The van der Waals surface area contributed by atoms with Crippen molar-refractivity contribution in [3.8, 4) is 0 Å². The number of aliphatic hydroxyl groups excluding tert-OH is 1. The van der Waals surface area contributed by atoms with Gasteiger partial charge >= 0.3 is 0 Å². The molecule has 0 aliphatic heterocycles. The molecule has 0 saturated carbocycles. The molecule has 0 radical (unpaired) electrons. The maximum Gasteiger partial charge on any atom is 0.0611 e. The molecule has 0 fully saturated rings. The first-order valence-corrected chi connectivity index (χ1v) is 6.12. The Hall–Kier alpha value is -0.120. The predicted molar refractivity (Wildman–Crippen MR) is 66.2 cm³/mol. The van der Waals surface area contributed by atoms with Gasteiger partial charge in [-0.15, -0.1) is 0 Å². The van der Waals surface area contributed by atoms with E-state index in [1.807, 2.05) is 0 Å². The first-order valence-electron chi connectivity index (χ1n) is 6.12. The van der Waals surface area contributed by atoms with Gasteiger partial charge in [0.2, 0.25) is 0 Å². The zero-order chi connectivity index (χ0) is 11.9. The lowest BCUT2D eigenvalue weighted by Crippen LogP contribution is -2.50. The average molecular weight is 216 g/mol. The van der Waals surface area contributed by atoms with Crippen molar-refractivity contribution in [1.29, 1.82) is 0 Å². The average Bonchev–Trinajstić information content (AvgIpc) is 2.20. The third kappa shape index (κ3) is 4.96. The number of rotatable bonds is 8. The van der Waals surface area contributed by atoms with Crippen molar-refractivity contribution in [3.63, 3.8) is 0 Å². The van der Waals surface area contributed by atoms with Crippen LogP contribution in [0.3, 0.4) is 0 Å². The standard InChI is InChI=1S/C12H28N2O/c1-6-13-12(5,10-15)9-11(4)14(7-2)8-3/h11,13,15H,6-10H2,1-5H3. The summed E-state index contributed by atoms with van der Waals surface area (Å²) in [7, 11) is 0. The van der Waals surface area contributed by atoms with Crippen molar-refractivity contribution in [1.82, 2.24) is 10.2 Å². The molecule has 0 aromatic carbocycles. The molecule has 0 aromatic rings. The summed E-state index contributed by atoms with van der Waals surface area (Å²) < 4.78 is 0. The van der Waals surface area contributed by atoms with Crippen LogP contribution in [0.1, 0.15) is 41.0 Å². The number of nitrogens with one attached hydrogen (secondary N) is 1. The summed E-state index contributed by atoms with van der Waals surface area (Å²) in [6.45, 7) is 14.0. The highest BCUT2D eigenvalue weighted by atomic mass is 16.3. The lowest BCUT2D eigenvalue weighted by molar-refractivity contribution is 0.121. The van der Waals surface area contributed by atoms with E-state index in [1.165, 1.54) is 0 Å². The van der Waals surface area contributed by atoms with E-state index >= 15 is 0 Å². The van der Waals surface area contributed by atoms with Gasteiger partial charge < -0.3 is 15.3 Å². The lowest BCUT2D eigenvalue weighted by Gasteiger charge is -2.35.